The van der Waals surface area contributed by atoms with Crippen LogP contribution in [0.25, 0.3) is 0 Å². The van der Waals surface area contributed by atoms with Gasteiger partial charge < -0.3 is 15.0 Å². The average Bonchev–Trinajstić information content (AvgIpc) is 3.04. The molecule has 0 spiro atoms. The molecule has 0 aromatic heterocycles. The Kier molecular flexibility index (Phi) is 6.72. The summed E-state index contributed by atoms with van der Waals surface area (Å²) in [5.74, 6) is 0.392. The zero-order valence-corrected chi connectivity index (χ0v) is 15.3. The Hall–Kier alpha value is -1.27. The molecule has 23 heavy (non-hydrogen) atoms. The topological polar surface area (TPSA) is 58.6 Å². The molecule has 0 bridgehead atoms. The standard InChI is InChI=1S/C16H20BrClN2O3/c1-11(23-14-5-4-12(18)10-13(14)17)16(22)19-7-6-15(21)20-8-2-3-9-20/h4-5,10-11H,2-3,6-9H2,1H3,(H,19,22). The third kappa shape index (κ3) is 5.39. The van der Waals surface area contributed by atoms with Crippen LogP contribution in [0.5, 0.6) is 5.75 Å². The molecule has 1 unspecified atom stereocenters. The van der Waals surface area contributed by atoms with E-state index in [1.807, 2.05) is 4.90 Å². The minimum absolute atomic E-state index is 0.0943. The molecule has 1 aliphatic rings. The normalized spacial score (nSPS) is 15.3. The maximum atomic E-state index is 12.0. The zero-order valence-electron chi connectivity index (χ0n) is 13.0. The molecule has 1 saturated heterocycles. The fourth-order valence-electron chi connectivity index (χ4n) is 2.38. The second-order valence-electron chi connectivity index (χ2n) is 5.46. The van der Waals surface area contributed by atoms with Crippen LogP contribution in [0, 0.1) is 0 Å². The molecule has 0 aliphatic carbocycles. The van der Waals surface area contributed by atoms with Gasteiger partial charge in [-0.3, -0.25) is 9.59 Å². The minimum atomic E-state index is -0.658. The van der Waals surface area contributed by atoms with Crippen LogP contribution in [0.15, 0.2) is 22.7 Å². The van der Waals surface area contributed by atoms with Crippen LogP contribution in [-0.2, 0) is 9.59 Å². The van der Waals surface area contributed by atoms with Crippen LogP contribution in [0.1, 0.15) is 26.2 Å². The van der Waals surface area contributed by atoms with E-state index in [0.29, 0.717) is 28.2 Å². The van der Waals surface area contributed by atoms with Crippen molar-refractivity contribution >= 4 is 39.3 Å². The SMILES string of the molecule is CC(Oc1ccc(Cl)cc1Br)C(=O)NCCC(=O)N1CCCC1. The number of carbonyl (C=O) groups is 2. The van der Waals surface area contributed by atoms with Crippen molar-refractivity contribution in [3.05, 3.63) is 27.7 Å². The minimum Gasteiger partial charge on any atom is -0.480 e. The second-order valence-corrected chi connectivity index (χ2v) is 6.75. The van der Waals surface area contributed by atoms with E-state index < -0.39 is 6.10 Å². The van der Waals surface area contributed by atoms with Gasteiger partial charge in [0, 0.05) is 31.1 Å². The number of hydrogen-bond acceptors (Lipinski definition) is 3. The molecule has 0 radical (unpaired) electrons. The van der Waals surface area contributed by atoms with Crippen molar-refractivity contribution < 1.29 is 14.3 Å². The molecule has 2 amide bonds. The summed E-state index contributed by atoms with van der Waals surface area (Å²) >= 11 is 9.21. The smallest absolute Gasteiger partial charge is 0.260 e. The molecule has 1 aromatic rings. The van der Waals surface area contributed by atoms with Gasteiger partial charge in [-0.25, -0.2) is 0 Å². The highest BCUT2D eigenvalue weighted by Crippen LogP contribution is 2.28. The summed E-state index contributed by atoms with van der Waals surface area (Å²) in [6.07, 6.45) is 1.80. The molecular formula is C16H20BrClN2O3. The lowest BCUT2D eigenvalue weighted by atomic mass is 10.3. The van der Waals surface area contributed by atoms with Gasteiger partial charge in [-0.05, 0) is 53.9 Å². The van der Waals surface area contributed by atoms with Gasteiger partial charge in [0.1, 0.15) is 5.75 Å². The van der Waals surface area contributed by atoms with Crippen LogP contribution < -0.4 is 10.1 Å². The Balaban J connectivity index is 1.75. The Bertz CT molecular complexity index is 576. The van der Waals surface area contributed by atoms with Crippen molar-refractivity contribution in [2.75, 3.05) is 19.6 Å². The van der Waals surface area contributed by atoms with E-state index in [1.54, 1.807) is 25.1 Å². The highest BCUT2D eigenvalue weighted by Gasteiger charge is 2.19. The number of likely N-dealkylation sites (tertiary alicyclic amines) is 1. The van der Waals surface area contributed by atoms with Crippen LogP contribution in [0.3, 0.4) is 0 Å². The molecule has 2 rings (SSSR count). The van der Waals surface area contributed by atoms with E-state index in [-0.39, 0.29) is 11.8 Å². The van der Waals surface area contributed by atoms with Crippen molar-refractivity contribution in [2.45, 2.75) is 32.3 Å². The van der Waals surface area contributed by atoms with Gasteiger partial charge >= 0.3 is 0 Å². The number of carbonyl (C=O) groups excluding carboxylic acids is 2. The van der Waals surface area contributed by atoms with E-state index in [4.69, 9.17) is 16.3 Å². The van der Waals surface area contributed by atoms with Gasteiger partial charge in [0.05, 0.1) is 4.47 Å². The van der Waals surface area contributed by atoms with Crippen molar-refractivity contribution in [1.29, 1.82) is 0 Å². The molecule has 1 N–H and O–H groups in total. The van der Waals surface area contributed by atoms with Crippen molar-refractivity contribution in [2.24, 2.45) is 0 Å². The van der Waals surface area contributed by atoms with Crippen molar-refractivity contribution in [3.8, 4) is 5.75 Å². The predicted octanol–water partition coefficient (Wildman–Crippen LogP) is 3.00. The summed E-state index contributed by atoms with van der Waals surface area (Å²) in [5, 5.41) is 3.32. The predicted molar refractivity (Wildman–Crippen MR) is 92.7 cm³/mol. The Morgan fingerprint density at radius 1 is 1.39 bits per heavy atom. The summed E-state index contributed by atoms with van der Waals surface area (Å²) in [4.78, 5) is 25.8. The third-order valence-electron chi connectivity index (χ3n) is 3.66. The van der Waals surface area contributed by atoms with E-state index >= 15 is 0 Å². The van der Waals surface area contributed by atoms with Gasteiger partial charge in [0.15, 0.2) is 6.10 Å². The summed E-state index contributed by atoms with van der Waals surface area (Å²) in [6.45, 7) is 3.65. The summed E-state index contributed by atoms with van der Waals surface area (Å²) in [6, 6.07) is 5.10. The fraction of sp³-hybridized carbons (Fsp3) is 0.500. The lowest BCUT2D eigenvalue weighted by molar-refractivity contribution is -0.130. The molecule has 1 aliphatic heterocycles. The van der Waals surface area contributed by atoms with Gasteiger partial charge in [-0.1, -0.05) is 11.6 Å². The Morgan fingerprint density at radius 2 is 2.09 bits per heavy atom. The maximum absolute atomic E-state index is 12.0. The maximum Gasteiger partial charge on any atom is 0.260 e. The number of nitrogens with zero attached hydrogens (tertiary/aromatic N) is 1. The van der Waals surface area contributed by atoms with Crippen LogP contribution in [0.4, 0.5) is 0 Å². The first-order chi connectivity index (χ1) is 11.0. The van der Waals surface area contributed by atoms with Crippen molar-refractivity contribution in [3.63, 3.8) is 0 Å². The lowest BCUT2D eigenvalue weighted by Gasteiger charge is -2.17. The summed E-state index contributed by atoms with van der Waals surface area (Å²) < 4.78 is 6.30. The van der Waals surface area contributed by atoms with E-state index in [0.717, 1.165) is 25.9 Å². The van der Waals surface area contributed by atoms with E-state index in [1.165, 1.54) is 0 Å². The monoisotopic (exact) mass is 402 g/mol. The highest BCUT2D eigenvalue weighted by atomic mass is 79.9. The van der Waals surface area contributed by atoms with E-state index in [9.17, 15) is 9.59 Å². The number of nitrogens with one attached hydrogen (secondary N) is 1. The number of ether oxygens (including phenoxy) is 1. The molecule has 7 heteroatoms. The van der Waals surface area contributed by atoms with Crippen LogP contribution in [-0.4, -0.2) is 42.5 Å². The van der Waals surface area contributed by atoms with Crippen LogP contribution >= 0.6 is 27.5 Å². The van der Waals surface area contributed by atoms with Gasteiger partial charge in [-0.15, -0.1) is 0 Å². The number of benzene rings is 1. The second kappa shape index (κ2) is 8.55. The lowest BCUT2D eigenvalue weighted by Crippen LogP contribution is -2.39. The van der Waals surface area contributed by atoms with E-state index in [2.05, 4.69) is 21.2 Å². The largest absolute Gasteiger partial charge is 0.480 e. The first-order valence-corrected chi connectivity index (χ1v) is 8.81. The number of halogens is 2. The zero-order chi connectivity index (χ0) is 16.8. The Morgan fingerprint density at radius 3 is 2.74 bits per heavy atom. The molecule has 1 heterocycles. The highest BCUT2D eigenvalue weighted by molar-refractivity contribution is 9.10. The Labute approximate surface area is 149 Å². The quantitative estimate of drug-likeness (QED) is 0.794. The number of amides is 2. The van der Waals surface area contributed by atoms with Gasteiger partial charge in [0.2, 0.25) is 5.91 Å². The number of hydrogen-bond donors (Lipinski definition) is 1. The molecule has 5 nitrogen and oxygen atoms in total. The molecule has 126 valence electrons. The first kappa shape index (κ1) is 18.1. The molecule has 1 atom stereocenters. The van der Waals surface area contributed by atoms with Gasteiger partial charge in [-0.2, -0.15) is 0 Å². The average molecular weight is 404 g/mol. The molecule has 1 fully saturated rings. The first-order valence-electron chi connectivity index (χ1n) is 7.64. The third-order valence-corrected chi connectivity index (χ3v) is 4.52. The fourth-order valence-corrected chi connectivity index (χ4v) is 3.15. The van der Waals surface area contributed by atoms with Crippen molar-refractivity contribution in [1.82, 2.24) is 10.2 Å². The summed E-state index contributed by atoms with van der Waals surface area (Å²) in [5.41, 5.74) is 0. The van der Waals surface area contributed by atoms with Crippen LogP contribution in [0.2, 0.25) is 5.02 Å². The number of rotatable bonds is 6. The molecule has 0 saturated carbocycles. The summed E-state index contributed by atoms with van der Waals surface area (Å²) in [7, 11) is 0. The molecule has 1 aromatic carbocycles. The van der Waals surface area contributed by atoms with Gasteiger partial charge in [0.25, 0.3) is 5.91 Å². The molecular weight excluding hydrogens is 384 g/mol.